The minimum absolute atomic E-state index is 0.0275. The Balaban J connectivity index is 2.44. The first-order chi connectivity index (χ1) is 11.1. The van der Waals surface area contributed by atoms with Crippen molar-refractivity contribution in [3.05, 3.63) is 53.1 Å². The molecule has 0 aromatic heterocycles. The lowest BCUT2D eigenvalue weighted by Crippen LogP contribution is -2.17. The van der Waals surface area contributed by atoms with Crippen LogP contribution in [0.3, 0.4) is 0 Å². The highest BCUT2D eigenvalue weighted by Crippen LogP contribution is 2.27. The number of benzene rings is 2. The van der Waals surface area contributed by atoms with Gasteiger partial charge in [0.1, 0.15) is 11.6 Å². The van der Waals surface area contributed by atoms with Gasteiger partial charge in [0.15, 0.2) is 0 Å². The molecule has 0 aliphatic carbocycles. The molecular weight excluding hydrogens is 338 g/mol. The van der Waals surface area contributed by atoms with Crippen LogP contribution in [0.25, 0.3) is 0 Å². The predicted octanol–water partition coefficient (Wildman–Crippen LogP) is 3.34. The quantitative estimate of drug-likeness (QED) is 0.884. The molecule has 1 amide bonds. The van der Waals surface area contributed by atoms with E-state index in [4.69, 9.17) is 0 Å². The normalized spacial score (nSPS) is 11.2. The van der Waals surface area contributed by atoms with E-state index in [2.05, 4.69) is 10.0 Å². The summed E-state index contributed by atoms with van der Waals surface area (Å²) in [6, 6.07) is 5.57. The zero-order chi connectivity index (χ0) is 18.1. The number of hydrogen-bond acceptors (Lipinski definition) is 3. The summed E-state index contributed by atoms with van der Waals surface area (Å²) in [7, 11) is -4.08. The molecule has 5 nitrogen and oxygen atoms in total. The van der Waals surface area contributed by atoms with Crippen LogP contribution in [0.5, 0.6) is 0 Å². The van der Waals surface area contributed by atoms with Crippen molar-refractivity contribution in [2.24, 2.45) is 0 Å². The van der Waals surface area contributed by atoms with Crippen molar-refractivity contribution in [2.45, 2.75) is 25.7 Å². The molecule has 0 aliphatic heterocycles. The minimum atomic E-state index is -4.08. The SMILES string of the molecule is CC(=O)Nc1cc(C)c(S(=O)(=O)Nc2ccc(F)cc2F)c(C)c1. The molecule has 2 rings (SSSR count). The molecule has 0 saturated heterocycles. The second kappa shape index (κ2) is 6.56. The Morgan fingerprint density at radius 1 is 1.04 bits per heavy atom. The zero-order valence-electron chi connectivity index (χ0n) is 13.3. The summed E-state index contributed by atoms with van der Waals surface area (Å²) in [6.07, 6.45) is 0. The topological polar surface area (TPSA) is 75.3 Å². The summed E-state index contributed by atoms with van der Waals surface area (Å²) in [5.41, 5.74) is 0.882. The van der Waals surface area contributed by atoms with Gasteiger partial charge in [-0.25, -0.2) is 17.2 Å². The van der Waals surface area contributed by atoms with Gasteiger partial charge in [-0.05, 0) is 49.2 Å². The second-order valence-corrected chi connectivity index (χ2v) is 6.97. The smallest absolute Gasteiger partial charge is 0.262 e. The third kappa shape index (κ3) is 3.88. The van der Waals surface area contributed by atoms with Crippen LogP contribution in [-0.4, -0.2) is 14.3 Å². The van der Waals surface area contributed by atoms with Crippen LogP contribution in [0.1, 0.15) is 18.1 Å². The van der Waals surface area contributed by atoms with Crippen molar-refractivity contribution in [1.29, 1.82) is 0 Å². The molecule has 24 heavy (non-hydrogen) atoms. The van der Waals surface area contributed by atoms with E-state index in [0.29, 0.717) is 22.9 Å². The Morgan fingerprint density at radius 2 is 1.62 bits per heavy atom. The zero-order valence-corrected chi connectivity index (χ0v) is 14.1. The summed E-state index contributed by atoms with van der Waals surface area (Å²) in [5.74, 6) is -2.10. The summed E-state index contributed by atoms with van der Waals surface area (Å²) in [5, 5.41) is 2.57. The first kappa shape index (κ1) is 17.9. The van der Waals surface area contributed by atoms with Gasteiger partial charge in [-0.1, -0.05) is 0 Å². The number of sulfonamides is 1. The summed E-state index contributed by atoms with van der Waals surface area (Å²) >= 11 is 0. The molecule has 2 N–H and O–H groups in total. The van der Waals surface area contributed by atoms with E-state index in [9.17, 15) is 22.0 Å². The number of carbonyl (C=O) groups is 1. The fourth-order valence-electron chi connectivity index (χ4n) is 2.42. The summed E-state index contributed by atoms with van der Waals surface area (Å²) < 4.78 is 53.8. The number of hydrogen-bond donors (Lipinski definition) is 2. The Morgan fingerprint density at radius 3 is 2.12 bits per heavy atom. The van der Waals surface area contributed by atoms with E-state index >= 15 is 0 Å². The number of halogens is 2. The number of anilines is 2. The predicted molar refractivity (Wildman–Crippen MR) is 87.4 cm³/mol. The third-order valence-corrected chi connectivity index (χ3v) is 4.89. The maximum atomic E-state index is 13.7. The van der Waals surface area contributed by atoms with Crippen LogP contribution in [0, 0.1) is 25.5 Å². The van der Waals surface area contributed by atoms with Gasteiger partial charge in [-0.3, -0.25) is 9.52 Å². The molecule has 8 heteroatoms. The molecule has 2 aromatic carbocycles. The van der Waals surface area contributed by atoms with Crippen molar-refractivity contribution in [2.75, 3.05) is 10.0 Å². The van der Waals surface area contributed by atoms with E-state index in [1.165, 1.54) is 19.1 Å². The Bertz CT molecular complexity index is 889. The highest BCUT2D eigenvalue weighted by Gasteiger charge is 2.22. The largest absolute Gasteiger partial charge is 0.326 e. The van der Waals surface area contributed by atoms with E-state index < -0.39 is 21.7 Å². The highest BCUT2D eigenvalue weighted by molar-refractivity contribution is 7.92. The first-order valence-corrected chi connectivity index (χ1v) is 8.45. The molecule has 128 valence electrons. The van der Waals surface area contributed by atoms with E-state index in [0.717, 1.165) is 12.1 Å². The molecular formula is C16H16F2N2O3S. The van der Waals surface area contributed by atoms with Crippen LogP contribution in [0.4, 0.5) is 20.2 Å². The molecule has 0 radical (unpaired) electrons. The highest BCUT2D eigenvalue weighted by atomic mass is 32.2. The molecule has 2 aromatic rings. The Labute approximate surface area is 138 Å². The van der Waals surface area contributed by atoms with Crippen LogP contribution in [-0.2, 0) is 14.8 Å². The van der Waals surface area contributed by atoms with Crippen molar-refractivity contribution in [3.63, 3.8) is 0 Å². The maximum Gasteiger partial charge on any atom is 0.262 e. The average molecular weight is 354 g/mol. The van der Waals surface area contributed by atoms with E-state index in [1.807, 2.05) is 0 Å². The Hall–Kier alpha value is -2.48. The average Bonchev–Trinajstić information content (AvgIpc) is 2.39. The third-order valence-electron chi connectivity index (χ3n) is 3.22. The van der Waals surface area contributed by atoms with Crippen molar-refractivity contribution >= 4 is 27.3 Å². The van der Waals surface area contributed by atoms with Crippen LogP contribution in [0.2, 0.25) is 0 Å². The molecule has 0 spiro atoms. The second-order valence-electron chi connectivity index (χ2n) is 5.35. The molecule has 0 bridgehead atoms. The standard InChI is InChI=1S/C16H16F2N2O3S/c1-9-6-13(19-11(3)21)7-10(2)16(9)24(22,23)20-15-5-4-12(17)8-14(15)18/h4-8,20H,1-3H3,(H,19,21). The number of rotatable bonds is 4. The van der Waals surface area contributed by atoms with E-state index in [1.54, 1.807) is 13.8 Å². The van der Waals surface area contributed by atoms with Gasteiger partial charge in [0, 0.05) is 18.7 Å². The minimum Gasteiger partial charge on any atom is -0.326 e. The van der Waals surface area contributed by atoms with Crippen LogP contribution < -0.4 is 10.0 Å². The molecule has 0 atom stereocenters. The van der Waals surface area contributed by atoms with Gasteiger partial charge in [-0.2, -0.15) is 0 Å². The van der Waals surface area contributed by atoms with Gasteiger partial charge in [0.2, 0.25) is 5.91 Å². The molecule has 0 heterocycles. The lowest BCUT2D eigenvalue weighted by Gasteiger charge is -2.15. The number of nitrogens with one attached hydrogen (secondary N) is 2. The number of carbonyl (C=O) groups excluding carboxylic acids is 1. The maximum absolute atomic E-state index is 13.7. The van der Waals surface area contributed by atoms with Crippen molar-refractivity contribution in [1.82, 2.24) is 0 Å². The molecule has 0 saturated carbocycles. The molecule has 0 unspecified atom stereocenters. The monoisotopic (exact) mass is 354 g/mol. The van der Waals surface area contributed by atoms with Crippen LogP contribution >= 0.6 is 0 Å². The lowest BCUT2D eigenvalue weighted by molar-refractivity contribution is -0.114. The summed E-state index contributed by atoms with van der Waals surface area (Å²) in [4.78, 5) is 11.1. The van der Waals surface area contributed by atoms with Gasteiger partial charge in [-0.15, -0.1) is 0 Å². The Kier molecular flexibility index (Phi) is 4.88. The number of amides is 1. The molecule has 0 aliphatic rings. The van der Waals surface area contributed by atoms with Crippen molar-refractivity contribution in [3.8, 4) is 0 Å². The molecule has 0 fully saturated rings. The van der Waals surface area contributed by atoms with Crippen LogP contribution in [0.15, 0.2) is 35.2 Å². The summed E-state index contributed by atoms with van der Waals surface area (Å²) in [6.45, 7) is 4.47. The first-order valence-electron chi connectivity index (χ1n) is 6.97. The van der Waals surface area contributed by atoms with Gasteiger partial charge in [0.05, 0.1) is 10.6 Å². The lowest BCUT2D eigenvalue weighted by atomic mass is 10.1. The van der Waals surface area contributed by atoms with Gasteiger partial charge < -0.3 is 5.32 Å². The number of aryl methyl sites for hydroxylation is 2. The fraction of sp³-hybridized carbons (Fsp3) is 0.188. The van der Waals surface area contributed by atoms with Crippen molar-refractivity contribution < 1.29 is 22.0 Å². The van der Waals surface area contributed by atoms with Gasteiger partial charge >= 0.3 is 0 Å². The van der Waals surface area contributed by atoms with E-state index in [-0.39, 0.29) is 16.5 Å². The fourth-order valence-corrected chi connectivity index (χ4v) is 3.94. The van der Waals surface area contributed by atoms with Gasteiger partial charge in [0.25, 0.3) is 10.0 Å².